The van der Waals surface area contributed by atoms with E-state index >= 15 is 0 Å². The summed E-state index contributed by atoms with van der Waals surface area (Å²) in [6.45, 7) is 37.3. The molecule has 23 heteroatoms. The lowest BCUT2D eigenvalue weighted by atomic mass is 10.3. The standard InChI is InChI=1S/C56H96O13Si10/c1-46(2)39-72(57-15)60-74(41-48(5)6)62-73(40-47(3)4,58-70(16)17)63-76(43-50(9)10)66-77(64-74,44-51(11)12)65-75(61-72,42-49(7)8)67-78(68-76,45-52(13)14)69-79(55-35-27-21-28-36-55,56-37-29-22-30-38-56)59-71(18,53-31-23-19-24-32-53)54-33-25-20-26-34-54/h19-38,46-52,70H,39-45H2,1-18H3/t72-,73?,74?,75?,76?,77?,78?/m1/s1. The molecule has 0 aliphatic carbocycles. The SMILES string of the molecule is CO[Si@]1(CC(C)C)O[Si]2(CC(C)C)O[Si](CC(C)C)(O[SiH](C)C)O[Si]3(CC(C)C)O[Si](CC(C)C)(O2)O[Si](CC(C)C)(O[Si](CC(C)C)(O[Si](O[Si](C)(c2ccccc2)c2ccccc2)(c2ccccc2)c2ccccc2)O3)O1. The van der Waals surface area contributed by atoms with Gasteiger partial charge in [-0.2, -0.15) is 0 Å². The molecule has 0 aromatic heterocycles. The Hall–Kier alpha value is -1.47. The summed E-state index contributed by atoms with van der Waals surface area (Å²) >= 11 is 0. The molecular formula is C56H96O13Si10. The first-order valence-corrected chi connectivity index (χ1v) is 49.8. The van der Waals surface area contributed by atoms with Crippen LogP contribution < -0.4 is 20.7 Å². The summed E-state index contributed by atoms with van der Waals surface area (Å²) in [6, 6.07) is 45.1. The summed E-state index contributed by atoms with van der Waals surface area (Å²) in [5.74, 6) is 0.147. The minimum Gasteiger partial charge on any atom is -0.422 e. The van der Waals surface area contributed by atoms with E-state index in [-0.39, 0.29) is 41.4 Å². The van der Waals surface area contributed by atoms with E-state index in [9.17, 15) is 0 Å². The van der Waals surface area contributed by atoms with Gasteiger partial charge in [-0.25, -0.2) is 0 Å². The average Bonchev–Trinajstić information content (AvgIpc) is 3.37. The molecule has 3 saturated heterocycles. The third kappa shape index (κ3) is 15.9. The Balaban J connectivity index is 1.70. The van der Waals surface area contributed by atoms with Crippen LogP contribution in [0.1, 0.15) is 96.9 Å². The molecule has 0 saturated carbocycles. The maximum atomic E-state index is 8.74. The maximum Gasteiger partial charge on any atom is 0.486 e. The van der Waals surface area contributed by atoms with E-state index in [1.54, 1.807) is 7.11 Å². The topological polar surface area (TPSA) is 120 Å². The van der Waals surface area contributed by atoms with Gasteiger partial charge in [0.1, 0.15) is 0 Å². The van der Waals surface area contributed by atoms with Crippen molar-refractivity contribution in [2.24, 2.45) is 41.4 Å². The van der Waals surface area contributed by atoms with Crippen molar-refractivity contribution in [1.82, 2.24) is 0 Å². The second kappa shape index (κ2) is 26.4. The Morgan fingerprint density at radius 1 is 0.367 bits per heavy atom. The van der Waals surface area contributed by atoms with Crippen LogP contribution in [0.5, 0.6) is 0 Å². The highest BCUT2D eigenvalue weighted by molar-refractivity contribution is 7.09. The molecule has 79 heavy (non-hydrogen) atoms. The van der Waals surface area contributed by atoms with Crippen molar-refractivity contribution < 1.29 is 53.8 Å². The highest BCUT2D eigenvalue weighted by Crippen LogP contribution is 2.52. The summed E-state index contributed by atoms with van der Waals surface area (Å²) < 4.78 is 106. The lowest BCUT2D eigenvalue weighted by Gasteiger charge is -2.59. The molecule has 6 unspecified atom stereocenters. The Morgan fingerprint density at radius 2 is 0.633 bits per heavy atom. The Kier molecular flexibility index (Phi) is 21.8. The zero-order valence-electron chi connectivity index (χ0n) is 50.9. The predicted octanol–water partition coefficient (Wildman–Crippen LogP) is 11.7. The lowest BCUT2D eigenvalue weighted by molar-refractivity contribution is 0.00175. The summed E-state index contributed by atoms with van der Waals surface area (Å²) in [5, 5.41) is 3.99. The molecule has 3 aliphatic rings. The van der Waals surface area contributed by atoms with Crippen molar-refractivity contribution in [3.63, 3.8) is 0 Å². The fourth-order valence-corrected chi connectivity index (χ4v) is 67.4. The Bertz CT molecular complexity index is 2440. The molecule has 0 amide bonds. The van der Waals surface area contributed by atoms with E-state index in [1.165, 1.54) is 0 Å². The van der Waals surface area contributed by atoms with Gasteiger partial charge in [0.2, 0.25) is 8.32 Å². The minimum atomic E-state index is -4.59. The monoisotopic (exact) mass is 1260 g/mol. The molecule has 0 N–H and O–H groups in total. The number of fused-ring (bicyclic) bond motifs is 3. The zero-order valence-corrected chi connectivity index (χ0v) is 61.1. The third-order valence-corrected chi connectivity index (χ3v) is 59.5. The molecule has 7 rings (SSSR count). The van der Waals surface area contributed by atoms with Crippen molar-refractivity contribution in [2.75, 3.05) is 7.11 Å². The first-order valence-electron chi connectivity index (χ1n) is 29.3. The maximum absolute atomic E-state index is 8.74. The largest absolute Gasteiger partial charge is 0.486 e. The molecule has 7 atom stereocenters. The Labute approximate surface area is 487 Å². The quantitative estimate of drug-likeness (QED) is 0.0586. The van der Waals surface area contributed by atoms with E-state index in [1.807, 2.05) is 12.1 Å². The number of hydrogen-bond donors (Lipinski definition) is 0. The summed E-state index contributed by atoms with van der Waals surface area (Å²) in [5.41, 5.74) is 0. The van der Waals surface area contributed by atoms with E-state index in [0.29, 0.717) is 42.3 Å². The molecule has 4 aromatic rings. The van der Waals surface area contributed by atoms with Gasteiger partial charge in [0, 0.05) is 49.4 Å². The van der Waals surface area contributed by atoms with Gasteiger partial charge in [-0.1, -0.05) is 218 Å². The molecule has 3 fully saturated rings. The highest BCUT2D eigenvalue weighted by atomic mass is 28.6. The van der Waals surface area contributed by atoms with Crippen LogP contribution in [0, 0.1) is 41.4 Å². The number of benzene rings is 4. The average molecular weight is 1260 g/mol. The number of rotatable bonds is 25. The number of hydrogen-bond acceptors (Lipinski definition) is 13. The molecule has 4 aromatic carbocycles. The van der Waals surface area contributed by atoms with Crippen molar-refractivity contribution in [2.45, 2.75) is 159 Å². The van der Waals surface area contributed by atoms with Crippen molar-refractivity contribution in [3.8, 4) is 0 Å². The first-order chi connectivity index (χ1) is 37.1. The van der Waals surface area contributed by atoms with Crippen LogP contribution in [-0.2, 0) is 53.8 Å². The van der Waals surface area contributed by atoms with Crippen LogP contribution in [0.15, 0.2) is 121 Å². The van der Waals surface area contributed by atoms with Gasteiger partial charge in [-0.3, -0.25) is 0 Å². The fourth-order valence-electron chi connectivity index (χ4n) is 11.4. The minimum absolute atomic E-state index is 0.00671. The van der Waals surface area contributed by atoms with Gasteiger partial charge >= 0.3 is 70.2 Å². The van der Waals surface area contributed by atoms with Crippen molar-refractivity contribution >= 4 is 108 Å². The normalized spacial score (nSPS) is 29.0. The fraction of sp³-hybridized carbons (Fsp3) is 0.571. The molecule has 438 valence electrons. The van der Waals surface area contributed by atoms with Crippen LogP contribution in [0.3, 0.4) is 0 Å². The van der Waals surface area contributed by atoms with Gasteiger partial charge in [-0.05, 0) is 81.8 Å². The van der Waals surface area contributed by atoms with E-state index in [4.69, 9.17) is 53.8 Å². The van der Waals surface area contributed by atoms with Crippen LogP contribution in [0.25, 0.3) is 0 Å². The lowest BCUT2D eigenvalue weighted by Crippen LogP contribution is -2.84. The van der Waals surface area contributed by atoms with E-state index in [2.05, 4.69) is 226 Å². The predicted molar refractivity (Wildman–Crippen MR) is 338 cm³/mol. The van der Waals surface area contributed by atoms with Gasteiger partial charge < -0.3 is 53.8 Å². The van der Waals surface area contributed by atoms with Crippen molar-refractivity contribution in [1.29, 1.82) is 0 Å². The van der Waals surface area contributed by atoms with Gasteiger partial charge in [0.25, 0.3) is 0 Å². The van der Waals surface area contributed by atoms with Gasteiger partial charge in [0.05, 0.1) is 0 Å². The summed E-state index contributed by atoms with van der Waals surface area (Å²) in [6.07, 6.45) is 0. The molecular weight excluding hydrogens is 1160 g/mol. The third-order valence-electron chi connectivity index (χ3n) is 13.7. The van der Waals surface area contributed by atoms with Crippen LogP contribution in [-0.4, -0.2) is 94.7 Å². The highest BCUT2D eigenvalue weighted by Gasteiger charge is 2.79. The summed E-state index contributed by atoms with van der Waals surface area (Å²) in [7, 11) is -37.6. The second-order valence-electron chi connectivity index (χ2n) is 25.6. The first kappa shape index (κ1) is 65.1. The van der Waals surface area contributed by atoms with Crippen molar-refractivity contribution in [3.05, 3.63) is 121 Å². The molecule has 13 nitrogen and oxygen atoms in total. The smallest absolute Gasteiger partial charge is 0.422 e. The van der Waals surface area contributed by atoms with Crippen LogP contribution >= 0.6 is 0 Å². The van der Waals surface area contributed by atoms with Gasteiger partial charge in [-0.15, -0.1) is 0 Å². The second-order valence-corrected chi connectivity index (χ2v) is 56.0. The molecule has 3 aliphatic heterocycles. The van der Waals surface area contributed by atoms with Gasteiger partial charge in [0.15, 0.2) is 9.04 Å². The zero-order chi connectivity index (χ0) is 57.7. The molecule has 0 spiro atoms. The van der Waals surface area contributed by atoms with E-state index in [0.717, 1.165) is 20.7 Å². The van der Waals surface area contributed by atoms with Crippen LogP contribution in [0.2, 0.25) is 61.9 Å². The molecule has 0 radical (unpaired) electrons. The molecule has 4 bridgehead atoms. The Morgan fingerprint density at radius 3 is 0.937 bits per heavy atom. The molecule has 3 heterocycles. The van der Waals surface area contributed by atoms with Crippen LogP contribution in [0.4, 0.5) is 0 Å². The summed E-state index contributed by atoms with van der Waals surface area (Å²) in [4.78, 5) is 0. The van der Waals surface area contributed by atoms with E-state index < -0.39 is 87.5 Å².